The van der Waals surface area contributed by atoms with Gasteiger partial charge in [-0.3, -0.25) is 14.5 Å². The zero-order valence-electron chi connectivity index (χ0n) is 14.2. The Morgan fingerprint density at radius 3 is 2.35 bits per heavy atom. The summed E-state index contributed by atoms with van der Waals surface area (Å²) in [5.74, 6) is -0.108. The van der Waals surface area contributed by atoms with Crippen molar-refractivity contribution in [3.8, 4) is 0 Å². The van der Waals surface area contributed by atoms with E-state index in [1.54, 1.807) is 0 Å². The SMILES string of the molecule is CCOC(=O)C1CCN(C(=O)C(c2ccccc2)N(C)C)CC1. The first-order chi connectivity index (χ1) is 11.0. The fourth-order valence-electron chi connectivity index (χ4n) is 3.07. The molecule has 5 heteroatoms. The monoisotopic (exact) mass is 318 g/mol. The van der Waals surface area contributed by atoms with Crippen LogP contribution in [0.1, 0.15) is 31.4 Å². The first kappa shape index (κ1) is 17.5. The van der Waals surface area contributed by atoms with E-state index in [-0.39, 0.29) is 23.8 Å². The summed E-state index contributed by atoms with van der Waals surface area (Å²) in [4.78, 5) is 28.5. The van der Waals surface area contributed by atoms with Crippen LogP contribution in [0.25, 0.3) is 0 Å². The molecule has 1 aromatic carbocycles. The number of likely N-dealkylation sites (N-methyl/N-ethyl adjacent to an activating group) is 1. The van der Waals surface area contributed by atoms with Crippen molar-refractivity contribution in [1.82, 2.24) is 9.80 Å². The summed E-state index contributed by atoms with van der Waals surface area (Å²) in [5, 5.41) is 0. The third-order valence-corrected chi connectivity index (χ3v) is 4.29. The minimum Gasteiger partial charge on any atom is -0.466 e. The van der Waals surface area contributed by atoms with Gasteiger partial charge in [-0.25, -0.2) is 0 Å². The average Bonchev–Trinajstić information content (AvgIpc) is 2.56. The fourth-order valence-corrected chi connectivity index (χ4v) is 3.07. The molecule has 1 saturated heterocycles. The highest BCUT2D eigenvalue weighted by atomic mass is 16.5. The van der Waals surface area contributed by atoms with Crippen molar-refractivity contribution in [3.05, 3.63) is 35.9 Å². The van der Waals surface area contributed by atoms with E-state index in [0.717, 1.165) is 5.56 Å². The zero-order chi connectivity index (χ0) is 16.8. The van der Waals surface area contributed by atoms with E-state index in [9.17, 15) is 9.59 Å². The summed E-state index contributed by atoms with van der Waals surface area (Å²) in [6.45, 7) is 3.45. The lowest BCUT2D eigenvalue weighted by atomic mass is 9.95. The second-order valence-corrected chi connectivity index (χ2v) is 6.13. The van der Waals surface area contributed by atoms with Crippen LogP contribution in [0, 0.1) is 5.92 Å². The molecular weight excluding hydrogens is 292 g/mol. The number of nitrogens with zero attached hydrogens (tertiary/aromatic N) is 2. The lowest BCUT2D eigenvalue weighted by Gasteiger charge is -2.35. The van der Waals surface area contributed by atoms with Crippen molar-refractivity contribution >= 4 is 11.9 Å². The number of esters is 1. The molecule has 0 aliphatic carbocycles. The zero-order valence-corrected chi connectivity index (χ0v) is 14.2. The second-order valence-electron chi connectivity index (χ2n) is 6.13. The molecule has 0 saturated carbocycles. The first-order valence-electron chi connectivity index (χ1n) is 8.21. The van der Waals surface area contributed by atoms with Crippen LogP contribution < -0.4 is 0 Å². The van der Waals surface area contributed by atoms with Crippen LogP contribution in [0.15, 0.2) is 30.3 Å². The predicted octanol–water partition coefficient (Wildman–Crippen LogP) is 2.09. The van der Waals surface area contributed by atoms with Gasteiger partial charge in [0.15, 0.2) is 0 Å². The van der Waals surface area contributed by atoms with Crippen molar-refractivity contribution in [3.63, 3.8) is 0 Å². The van der Waals surface area contributed by atoms with Gasteiger partial charge in [0, 0.05) is 13.1 Å². The minimum atomic E-state index is -0.282. The van der Waals surface area contributed by atoms with Crippen molar-refractivity contribution in [2.45, 2.75) is 25.8 Å². The molecule has 1 atom stereocenters. The molecule has 5 nitrogen and oxygen atoms in total. The molecule has 1 amide bonds. The number of carbonyl (C=O) groups excluding carboxylic acids is 2. The molecule has 1 aliphatic heterocycles. The topological polar surface area (TPSA) is 49.9 Å². The molecule has 1 heterocycles. The van der Waals surface area contributed by atoms with Gasteiger partial charge in [0.2, 0.25) is 5.91 Å². The Morgan fingerprint density at radius 2 is 1.83 bits per heavy atom. The summed E-state index contributed by atoms with van der Waals surface area (Å²) < 4.78 is 5.08. The summed E-state index contributed by atoms with van der Waals surface area (Å²) in [5.41, 5.74) is 0.995. The Hall–Kier alpha value is -1.88. The van der Waals surface area contributed by atoms with Gasteiger partial charge in [0.1, 0.15) is 6.04 Å². The third-order valence-electron chi connectivity index (χ3n) is 4.29. The number of carbonyl (C=O) groups is 2. The summed E-state index contributed by atoms with van der Waals surface area (Å²) in [6, 6.07) is 9.53. The van der Waals surface area contributed by atoms with E-state index in [2.05, 4.69) is 0 Å². The molecule has 1 aromatic rings. The maximum Gasteiger partial charge on any atom is 0.309 e. The molecule has 0 bridgehead atoms. The summed E-state index contributed by atoms with van der Waals surface area (Å²) >= 11 is 0. The number of amides is 1. The van der Waals surface area contributed by atoms with E-state index < -0.39 is 0 Å². The van der Waals surface area contributed by atoms with Crippen LogP contribution >= 0.6 is 0 Å². The molecule has 0 N–H and O–H groups in total. The van der Waals surface area contributed by atoms with Gasteiger partial charge in [0.25, 0.3) is 0 Å². The van der Waals surface area contributed by atoms with E-state index in [4.69, 9.17) is 4.74 Å². The third kappa shape index (κ3) is 4.32. The molecular formula is C18H26N2O3. The molecule has 1 fully saturated rings. The maximum absolute atomic E-state index is 12.9. The van der Waals surface area contributed by atoms with Crippen LogP contribution in [0.4, 0.5) is 0 Å². The summed E-state index contributed by atoms with van der Waals surface area (Å²) in [7, 11) is 3.84. The van der Waals surface area contributed by atoms with Gasteiger partial charge in [-0.2, -0.15) is 0 Å². The van der Waals surface area contributed by atoms with Crippen LogP contribution in [-0.2, 0) is 14.3 Å². The summed E-state index contributed by atoms with van der Waals surface area (Å²) in [6.07, 6.45) is 1.36. The molecule has 1 aliphatic rings. The number of hydrogen-bond acceptors (Lipinski definition) is 4. The van der Waals surface area contributed by atoms with Gasteiger partial charge in [-0.05, 0) is 39.4 Å². The minimum absolute atomic E-state index is 0.0754. The number of ether oxygens (including phenoxy) is 1. The highest BCUT2D eigenvalue weighted by molar-refractivity contribution is 5.83. The molecule has 23 heavy (non-hydrogen) atoms. The van der Waals surface area contributed by atoms with E-state index in [1.165, 1.54) is 0 Å². The Kier molecular flexibility index (Phi) is 6.16. The molecule has 2 rings (SSSR count). The second kappa shape index (κ2) is 8.11. The van der Waals surface area contributed by atoms with E-state index in [1.807, 2.05) is 61.2 Å². The Labute approximate surface area is 138 Å². The Bertz CT molecular complexity index is 522. The fraction of sp³-hybridized carbons (Fsp3) is 0.556. The van der Waals surface area contributed by atoms with E-state index >= 15 is 0 Å². The lowest BCUT2D eigenvalue weighted by molar-refractivity contribution is -0.152. The first-order valence-corrected chi connectivity index (χ1v) is 8.21. The quantitative estimate of drug-likeness (QED) is 0.780. The smallest absolute Gasteiger partial charge is 0.309 e. The maximum atomic E-state index is 12.9. The Balaban J connectivity index is 2.01. The number of piperidine rings is 1. The predicted molar refractivity (Wildman–Crippen MR) is 88.8 cm³/mol. The number of benzene rings is 1. The highest BCUT2D eigenvalue weighted by Crippen LogP contribution is 2.25. The van der Waals surface area contributed by atoms with Crippen LogP contribution in [0.5, 0.6) is 0 Å². The standard InChI is InChI=1S/C18H26N2O3/c1-4-23-18(22)15-10-12-20(13-11-15)17(21)16(19(2)3)14-8-6-5-7-9-14/h5-9,15-16H,4,10-13H2,1-3H3. The average molecular weight is 318 g/mol. The normalized spacial score (nSPS) is 17.1. The van der Waals surface area contributed by atoms with Crippen molar-refractivity contribution < 1.29 is 14.3 Å². The molecule has 0 aromatic heterocycles. The number of rotatable bonds is 5. The lowest BCUT2D eigenvalue weighted by Crippen LogP contribution is -2.45. The number of likely N-dealkylation sites (tertiary alicyclic amines) is 1. The molecule has 0 radical (unpaired) electrons. The van der Waals surface area contributed by atoms with Crippen LogP contribution in [0.2, 0.25) is 0 Å². The van der Waals surface area contributed by atoms with E-state index in [0.29, 0.717) is 32.5 Å². The van der Waals surface area contributed by atoms with Gasteiger partial charge in [-0.1, -0.05) is 30.3 Å². The molecule has 126 valence electrons. The van der Waals surface area contributed by atoms with Crippen molar-refractivity contribution in [1.29, 1.82) is 0 Å². The molecule has 0 spiro atoms. The van der Waals surface area contributed by atoms with Gasteiger partial charge in [0.05, 0.1) is 12.5 Å². The van der Waals surface area contributed by atoms with Gasteiger partial charge < -0.3 is 9.64 Å². The molecule has 1 unspecified atom stereocenters. The van der Waals surface area contributed by atoms with Crippen LogP contribution in [0.3, 0.4) is 0 Å². The van der Waals surface area contributed by atoms with Crippen LogP contribution in [-0.4, -0.2) is 55.5 Å². The highest BCUT2D eigenvalue weighted by Gasteiger charge is 2.32. The van der Waals surface area contributed by atoms with Crippen molar-refractivity contribution in [2.75, 3.05) is 33.8 Å². The van der Waals surface area contributed by atoms with Gasteiger partial charge in [-0.15, -0.1) is 0 Å². The number of hydrogen-bond donors (Lipinski definition) is 0. The Morgan fingerprint density at radius 1 is 1.22 bits per heavy atom. The van der Waals surface area contributed by atoms with Gasteiger partial charge >= 0.3 is 5.97 Å². The van der Waals surface area contributed by atoms with Crippen molar-refractivity contribution in [2.24, 2.45) is 5.92 Å². The largest absolute Gasteiger partial charge is 0.466 e.